The van der Waals surface area contributed by atoms with Crippen molar-refractivity contribution < 1.29 is 0 Å². The Hall–Kier alpha value is -1.43. The number of rotatable bonds is 0. The van der Waals surface area contributed by atoms with Crippen molar-refractivity contribution in [2.75, 3.05) is 0 Å². The fourth-order valence-corrected chi connectivity index (χ4v) is 0.995. The molecule has 0 aliphatic carbocycles. The molecule has 56 valence electrons. The second-order valence-electron chi connectivity index (χ2n) is 2.04. The summed E-state index contributed by atoms with van der Waals surface area (Å²) in [6.45, 7) is 0. The van der Waals surface area contributed by atoms with Crippen LogP contribution in [0.2, 0.25) is 0 Å². The molecule has 0 spiro atoms. The molecule has 2 heterocycles. The van der Waals surface area contributed by atoms with Crippen molar-refractivity contribution in [3.8, 4) is 0 Å². The smallest absolute Gasteiger partial charge is 0.281 e. The fourth-order valence-electron chi connectivity index (χ4n) is 0.836. The highest BCUT2D eigenvalue weighted by Gasteiger charge is 1.94. The summed E-state index contributed by atoms with van der Waals surface area (Å²) in [6.07, 6.45) is 1.38. The zero-order valence-electron chi connectivity index (χ0n) is 5.37. The van der Waals surface area contributed by atoms with Crippen LogP contribution in [-0.4, -0.2) is 19.6 Å². The van der Waals surface area contributed by atoms with Gasteiger partial charge in [0, 0.05) is 6.07 Å². The molecular weight excluding hydrogens is 164 g/mol. The number of nitrogens with zero attached hydrogens (tertiary/aromatic N) is 2. The van der Waals surface area contributed by atoms with E-state index in [1.54, 1.807) is 6.07 Å². The van der Waals surface area contributed by atoms with E-state index < -0.39 is 0 Å². The standard InChI is InChI=1S/C5H4N4OS/c10-5-8-7-3-1-4(11)6-2-9(3)5/h1-2,7H,(H,8,10). The summed E-state index contributed by atoms with van der Waals surface area (Å²) < 4.78 is 1.80. The van der Waals surface area contributed by atoms with Crippen LogP contribution in [-0.2, 0) is 0 Å². The maximum atomic E-state index is 10.9. The Kier molecular flexibility index (Phi) is 1.16. The van der Waals surface area contributed by atoms with Gasteiger partial charge in [-0.2, -0.15) is 0 Å². The predicted octanol–water partition coefficient (Wildman–Crippen LogP) is 0.0802. The Morgan fingerprint density at radius 3 is 3.18 bits per heavy atom. The van der Waals surface area contributed by atoms with E-state index in [0.29, 0.717) is 10.3 Å². The van der Waals surface area contributed by atoms with E-state index in [-0.39, 0.29) is 5.69 Å². The molecule has 2 aromatic rings. The van der Waals surface area contributed by atoms with Crippen LogP contribution < -0.4 is 5.69 Å². The van der Waals surface area contributed by atoms with E-state index >= 15 is 0 Å². The van der Waals surface area contributed by atoms with Crippen LogP contribution in [0.3, 0.4) is 0 Å². The van der Waals surface area contributed by atoms with Gasteiger partial charge in [0.1, 0.15) is 16.6 Å². The number of nitrogens with one attached hydrogen (secondary N) is 2. The van der Waals surface area contributed by atoms with Gasteiger partial charge in [-0.15, -0.1) is 0 Å². The molecule has 2 aromatic heterocycles. The van der Waals surface area contributed by atoms with E-state index in [2.05, 4.69) is 15.2 Å². The largest absolute Gasteiger partial charge is 0.347 e. The third-order valence-corrected chi connectivity index (χ3v) is 1.56. The average Bonchev–Trinajstić information content (AvgIpc) is 2.32. The molecule has 0 aliphatic heterocycles. The third kappa shape index (κ3) is 0.874. The van der Waals surface area contributed by atoms with Crippen LogP contribution in [0.1, 0.15) is 0 Å². The van der Waals surface area contributed by atoms with E-state index in [9.17, 15) is 4.79 Å². The molecule has 11 heavy (non-hydrogen) atoms. The maximum absolute atomic E-state index is 10.9. The topological polar surface area (TPSA) is 66.0 Å². The van der Waals surface area contributed by atoms with Gasteiger partial charge in [-0.25, -0.2) is 19.3 Å². The highest BCUT2D eigenvalue weighted by molar-refractivity contribution is 7.71. The van der Waals surface area contributed by atoms with E-state index in [0.717, 1.165) is 0 Å². The predicted molar refractivity (Wildman–Crippen MR) is 41.0 cm³/mol. The van der Waals surface area contributed by atoms with Gasteiger partial charge in [-0.3, -0.25) is 5.10 Å². The second kappa shape index (κ2) is 2.03. The number of aromatic amines is 2. The monoisotopic (exact) mass is 168 g/mol. The molecule has 2 N–H and O–H groups in total. The average molecular weight is 168 g/mol. The summed E-state index contributed by atoms with van der Waals surface area (Å²) >= 11 is 4.79. The lowest BCUT2D eigenvalue weighted by atomic mass is 10.6. The third-order valence-electron chi connectivity index (χ3n) is 1.34. The van der Waals surface area contributed by atoms with Gasteiger partial charge in [0.2, 0.25) is 0 Å². The summed E-state index contributed by atoms with van der Waals surface area (Å²) in [5, 5.41) is 5.05. The van der Waals surface area contributed by atoms with E-state index in [1.807, 2.05) is 0 Å². The fraction of sp³-hybridized carbons (Fsp3) is 0. The van der Waals surface area contributed by atoms with E-state index in [1.165, 1.54) is 10.7 Å². The highest BCUT2D eigenvalue weighted by Crippen LogP contribution is 1.91. The number of hydrogen-bond acceptors (Lipinski definition) is 3. The molecule has 0 aliphatic rings. The minimum Gasteiger partial charge on any atom is -0.281 e. The molecule has 0 bridgehead atoms. The maximum Gasteiger partial charge on any atom is 0.347 e. The van der Waals surface area contributed by atoms with Crippen LogP contribution in [0.15, 0.2) is 17.2 Å². The Labute approximate surface area is 65.7 Å². The molecule has 0 fully saturated rings. The van der Waals surface area contributed by atoms with Gasteiger partial charge in [0.25, 0.3) is 0 Å². The Morgan fingerprint density at radius 1 is 1.55 bits per heavy atom. The zero-order chi connectivity index (χ0) is 7.84. The summed E-state index contributed by atoms with van der Waals surface area (Å²) in [5.41, 5.74) is 0.373. The number of fused-ring (bicyclic) bond motifs is 1. The minimum atomic E-state index is -0.248. The van der Waals surface area contributed by atoms with Gasteiger partial charge in [0.05, 0.1) is 0 Å². The number of aromatic nitrogens is 4. The minimum absolute atomic E-state index is 0.248. The van der Waals surface area contributed by atoms with Crippen LogP contribution in [0.25, 0.3) is 5.65 Å². The lowest BCUT2D eigenvalue weighted by Crippen LogP contribution is -2.08. The van der Waals surface area contributed by atoms with Crippen molar-refractivity contribution in [3.05, 3.63) is 27.5 Å². The van der Waals surface area contributed by atoms with Crippen LogP contribution in [0.4, 0.5) is 0 Å². The molecule has 5 nitrogen and oxygen atoms in total. The van der Waals surface area contributed by atoms with Crippen molar-refractivity contribution in [2.24, 2.45) is 0 Å². The SMILES string of the molecule is O=c1[nH][nH]c2cc(=S)ncn12. The Bertz CT molecular complexity index is 493. The van der Waals surface area contributed by atoms with Gasteiger partial charge in [-0.05, 0) is 0 Å². The van der Waals surface area contributed by atoms with Crippen LogP contribution >= 0.6 is 12.2 Å². The lowest BCUT2D eigenvalue weighted by molar-refractivity contribution is 0.994. The quantitative estimate of drug-likeness (QED) is 0.547. The Morgan fingerprint density at radius 2 is 2.36 bits per heavy atom. The highest BCUT2D eigenvalue weighted by atomic mass is 32.1. The number of H-pyrrole nitrogens is 2. The van der Waals surface area contributed by atoms with Gasteiger partial charge in [-0.1, -0.05) is 12.2 Å². The van der Waals surface area contributed by atoms with Gasteiger partial charge < -0.3 is 0 Å². The lowest BCUT2D eigenvalue weighted by Gasteiger charge is -1.85. The summed E-state index contributed by atoms with van der Waals surface area (Å²) in [6, 6.07) is 1.60. The summed E-state index contributed by atoms with van der Waals surface area (Å²) in [5.74, 6) is 0. The zero-order valence-corrected chi connectivity index (χ0v) is 6.18. The molecule has 2 rings (SSSR count). The summed E-state index contributed by atoms with van der Waals surface area (Å²) in [4.78, 5) is 14.7. The molecule has 6 heteroatoms. The van der Waals surface area contributed by atoms with Gasteiger partial charge in [0.15, 0.2) is 0 Å². The second-order valence-corrected chi connectivity index (χ2v) is 2.46. The van der Waals surface area contributed by atoms with Crippen LogP contribution in [0.5, 0.6) is 0 Å². The first-order chi connectivity index (χ1) is 5.27. The van der Waals surface area contributed by atoms with Crippen molar-refractivity contribution in [2.45, 2.75) is 0 Å². The number of hydrogen-bond donors (Lipinski definition) is 2. The van der Waals surface area contributed by atoms with Crippen molar-refractivity contribution in [3.63, 3.8) is 0 Å². The molecule has 0 saturated carbocycles. The van der Waals surface area contributed by atoms with Gasteiger partial charge >= 0.3 is 5.69 Å². The first-order valence-corrected chi connectivity index (χ1v) is 3.33. The van der Waals surface area contributed by atoms with Crippen molar-refractivity contribution in [1.29, 1.82) is 0 Å². The van der Waals surface area contributed by atoms with Crippen molar-refractivity contribution >= 4 is 17.9 Å². The molecule has 0 radical (unpaired) electrons. The molecule has 0 unspecified atom stereocenters. The Balaban J connectivity index is 3.08. The molecule has 0 atom stereocenters. The summed E-state index contributed by atoms with van der Waals surface area (Å²) in [7, 11) is 0. The molecular formula is C5H4N4OS. The molecule has 0 amide bonds. The van der Waals surface area contributed by atoms with Crippen molar-refractivity contribution in [1.82, 2.24) is 19.6 Å². The van der Waals surface area contributed by atoms with E-state index in [4.69, 9.17) is 12.2 Å². The first-order valence-electron chi connectivity index (χ1n) is 2.92. The first kappa shape index (κ1) is 6.29. The van der Waals surface area contributed by atoms with Crippen LogP contribution in [0, 0.1) is 4.64 Å². The normalized spacial score (nSPS) is 10.5. The molecule has 0 saturated heterocycles. The molecule has 0 aromatic carbocycles.